The molecule has 148 valence electrons. The lowest BCUT2D eigenvalue weighted by atomic mass is 9.90. The first-order chi connectivity index (χ1) is 13.7. The number of carbonyl (C=O) groups is 1. The van der Waals surface area contributed by atoms with E-state index in [4.69, 9.17) is 19.9 Å². The van der Waals surface area contributed by atoms with Crippen LogP contribution in [0.5, 0.6) is 17.2 Å². The second-order valence-corrected chi connectivity index (χ2v) is 7.34. The van der Waals surface area contributed by atoms with Crippen molar-refractivity contribution in [1.82, 2.24) is 4.90 Å². The van der Waals surface area contributed by atoms with Crippen molar-refractivity contribution in [3.05, 3.63) is 53.1 Å². The normalized spacial score (nSPS) is 21.1. The molecule has 2 aliphatic rings. The van der Waals surface area contributed by atoms with Crippen molar-refractivity contribution in [1.29, 1.82) is 0 Å². The van der Waals surface area contributed by atoms with Gasteiger partial charge in [0.1, 0.15) is 18.6 Å². The van der Waals surface area contributed by atoms with E-state index in [0.717, 1.165) is 36.5 Å². The quantitative estimate of drug-likeness (QED) is 0.743. The molecule has 4 rings (SSSR count). The minimum absolute atomic E-state index is 0.198. The predicted octanol–water partition coefficient (Wildman–Crippen LogP) is 2.79. The smallest absolute Gasteiger partial charge is 0.231 e. The predicted molar refractivity (Wildman–Crippen MR) is 106 cm³/mol. The minimum Gasteiger partial charge on any atom is -0.492 e. The fourth-order valence-corrected chi connectivity index (χ4v) is 4.24. The number of aldehydes is 1. The fraction of sp³-hybridized carbons (Fsp3) is 0.409. The SMILES string of the molecule is Cc1cc2c(cc1[C@@H]1C[C@H](c3ccc(OCCN)cc3)N(CC=O)C1)OCO2. The Balaban J connectivity index is 1.56. The molecule has 1 fully saturated rings. The highest BCUT2D eigenvalue weighted by molar-refractivity contribution is 5.53. The maximum Gasteiger partial charge on any atom is 0.231 e. The molecule has 2 aromatic rings. The van der Waals surface area contributed by atoms with Crippen LogP contribution in [0.15, 0.2) is 36.4 Å². The average Bonchev–Trinajstić information content (AvgIpc) is 3.33. The van der Waals surface area contributed by atoms with Crippen LogP contribution in [-0.2, 0) is 4.79 Å². The highest BCUT2D eigenvalue weighted by Gasteiger charge is 2.35. The number of hydrogen-bond acceptors (Lipinski definition) is 6. The van der Waals surface area contributed by atoms with Crippen molar-refractivity contribution < 1.29 is 19.0 Å². The van der Waals surface area contributed by atoms with Gasteiger partial charge in [0.05, 0.1) is 6.54 Å². The van der Waals surface area contributed by atoms with Gasteiger partial charge in [-0.15, -0.1) is 0 Å². The van der Waals surface area contributed by atoms with Crippen molar-refractivity contribution in [3.63, 3.8) is 0 Å². The molecule has 1 saturated heterocycles. The molecule has 6 nitrogen and oxygen atoms in total. The fourth-order valence-electron chi connectivity index (χ4n) is 4.24. The minimum atomic E-state index is 0.198. The zero-order valence-electron chi connectivity index (χ0n) is 16.1. The van der Waals surface area contributed by atoms with Gasteiger partial charge >= 0.3 is 0 Å². The van der Waals surface area contributed by atoms with E-state index >= 15 is 0 Å². The molecule has 2 N–H and O–H groups in total. The van der Waals surface area contributed by atoms with E-state index in [9.17, 15) is 4.79 Å². The molecule has 0 unspecified atom stereocenters. The number of carbonyl (C=O) groups excluding carboxylic acids is 1. The van der Waals surface area contributed by atoms with Crippen molar-refractivity contribution in [2.45, 2.75) is 25.3 Å². The summed E-state index contributed by atoms with van der Waals surface area (Å²) < 4.78 is 16.6. The molecule has 0 bridgehead atoms. The maximum atomic E-state index is 11.3. The van der Waals surface area contributed by atoms with Gasteiger partial charge in [-0.3, -0.25) is 4.90 Å². The Bertz CT molecular complexity index is 837. The van der Waals surface area contributed by atoms with Gasteiger partial charge in [0, 0.05) is 19.1 Å². The molecule has 2 heterocycles. The standard InChI is InChI=1S/C22H26N2O4/c1-15-10-21-22(28-14-27-21)12-19(15)17-11-20(24(13-17)7-8-25)16-2-4-18(5-3-16)26-9-6-23/h2-5,8,10,12,17,20H,6-7,9,11,13-14,23H2,1H3/t17-,20-/m1/s1. The summed E-state index contributed by atoms with van der Waals surface area (Å²) in [6.07, 6.45) is 1.94. The van der Waals surface area contributed by atoms with Crippen LogP contribution in [0.3, 0.4) is 0 Å². The number of likely N-dealkylation sites (tertiary alicyclic amines) is 1. The first-order valence-corrected chi connectivity index (χ1v) is 9.70. The number of hydrogen-bond donors (Lipinski definition) is 1. The van der Waals surface area contributed by atoms with Gasteiger partial charge in [0.2, 0.25) is 6.79 Å². The second-order valence-electron chi connectivity index (χ2n) is 7.34. The topological polar surface area (TPSA) is 74.0 Å². The summed E-state index contributed by atoms with van der Waals surface area (Å²) in [4.78, 5) is 13.5. The van der Waals surface area contributed by atoms with Crippen LogP contribution in [0.2, 0.25) is 0 Å². The molecular formula is C22H26N2O4. The molecule has 2 atom stereocenters. The Morgan fingerprint density at radius 3 is 2.68 bits per heavy atom. The monoisotopic (exact) mass is 382 g/mol. The highest BCUT2D eigenvalue weighted by Crippen LogP contribution is 2.44. The molecular weight excluding hydrogens is 356 g/mol. The van der Waals surface area contributed by atoms with Crippen LogP contribution in [0.4, 0.5) is 0 Å². The van der Waals surface area contributed by atoms with E-state index in [-0.39, 0.29) is 12.8 Å². The number of benzene rings is 2. The Labute approximate surface area is 165 Å². The van der Waals surface area contributed by atoms with E-state index in [2.05, 4.69) is 36.1 Å². The lowest BCUT2D eigenvalue weighted by Gasteiger charge is -2.22. The molecule has 2 aromatic carbocycles. The summed E-state index contributed by atoms with van der Waals surface area (Å²) in [7, 11) is 0. The summed E-state index contributed by atoms with van der Waals surface area (Å²) in [6.45, 7) is 4.66. The summed E-state index contributed by atoms with van der Waals surface area (Å²) >= 11 is 0. The van der Waals surface area contributed by atoms with E-state index in [0.29, 0.717) is 25.6 Å². The lowest BCUT2D eigenvalue weighted by molar-refractivity contribution is -0.109. The molecule has 0 spiro atoms. The van der Waals surface area contributed by atoms with Crippen LogP contribution in [0, 0.1) is 6.92 Å². The average molecular weight is 382 g/mol. The zero-order valence-corrected chi connectivity index (χ0v) is 16.1. The van der Waals surface area contributed by atoms with Gasteiger partial charge in [0.25, 0.3) is 0 Å². The molecule has 0 aromatic heterocycles. The largest absolute Gasteiger partial charge is 0.492 e. The van der Waals surface area contributed by atoms with Crippen molar-refractivity contribution >= 4 is 6.29 Å². The van der Waals surface area contributed by atoms with E-state index in [1.54, 1.807) is 0 Å². The summed E-state index contributed by atoms with van der Waals surface area (Å²) in [5.41, 5.74) is 9.16. The lowest BCUT2D eigenvalue weighted by Crippen LogP contribution is -2.25. The molecule has 0 saturated carbocycles. The Kier molecular flexibility index (Phi) is 5.50. The second kappa shape index (κ2) is 8.20. The molecule has 28 heavy (non-hydrogen) atoms. The number of ether oxygens (including phenoxy) is 3. The van der Waals surface area contributed by atoms with Crippen LogP contribution >= 0.6 is 0 Å². The molecule has 2 aliphatic heterocycles. The van der Waals surface area contributed by atoms with Gasteiger partial charge < -0.3 is 24.7 Å². The third-order valence-electron chi connectivity index (χ3n) is 5.57. The molecule has 0 amide bonds. The highest BCUT2D eigenvalue weighted by atomic mass is 16.7. The first kappa shape index (κ1) is 18.8. The Morgan fingerprint density at radius 1 is 1.21 bits per heavy atom. The summed E-state index contributed by atoms with van der Waals surface area (Å²) in [5, 5.41) is 0. The van der Waals surface area contributed by atoms with Crippen molar-refractivity contribution in [2.24, 2.45) is 5.73 Å². The van der Waals surface area contributed by atoms with Gasteiger partial charge in [-0.05, 0) is 60.2 Å². The molecule has 0 radical (unpaired) electrons. The van der Waals surface area contributed by atoms with Gasteiger partial charge in [-0.2, -0.15) is 0 Å². The van der Waals surface area contributed by atoms with Crippen molar-refractivity contribution in [2.75, 3.05) is 33.0 Å². The number of nitrogens with zero attached hydrogens (tertiary/aromatic N) is 1. The number of rotatable bonds is 7. The van der Waals surface area contributed by atoms with Gasteiger partial charge in [-0.25, -0.2) is 0 Å². The number of nitrogens with two attached hydrogens (primary N) is 1. The Hall–Kier alpha value is -2.57. The van der Waals surface area contributed by atoms with Crippen LogP contribution in [0.1, 0.15) is 35.1 Å². The number of aryl methyl sites for hydroxylation is 1. The Morgan fingerprint density at radius 2 is 1.96 bits per heavy atom. The third-order valence-corrected chi connectivity index (χ3v) is 5.57. The summed E-state index contributed by atoms with van der Waals surface area (Å²) in [6, 6.07) is 12.5. The zero-order chi connectivity index (χ0) is 19.5. The van der Waals surface area contributed by atoms with E-state index in [1.165, 1.54) is 16.7 Å². The maximum absolute atomic E-state index is 11.3. The molecule has 0 aliphatic carbocycles. The van der Waals surface area contributed by atoms with Crippen LogP contribution in [0.25, 0.3) is 0 Å². The van der Waals surface area contributed by atoms with Gasteiger partial charge in [0.15, 0.2) is 11.5 Å². The number of fused-ring (bicyclic) bond motifs is 1. The van der Waals surface area contributed by atoms with Crippen LogP contribution < -0.4 is 19.9 Å². The van der Waals surface area contributed by atoms with Gasteiger partial charge in [-0.1, -0.05) is 12.1 Å². The first-order valence-electron chi connectivity index (χ1n) is 9.70. The molecule has 6 heteroatoms. The van der Waals surface area contributed by atoms with E-state index in [1.807, 2.05) is 12.1 Å². The summed E-state index contributed by atoms with van der Waals surface area (Å²) in [5.74, 6) is 2.78. The van der Waals surface area contributed by atoms with Crippen LogP contribution in [-0.4, -0.2) is 44.2 Å². The third kappa shape index (κ3) is 3.70. The van der Waals surface area contributed by atoms with Crippen molar-refractivity contribution in [3.8, 4) is 17.2 Å². The van der Waals surface area contributed by atoms with E-state index < -0.39 is 0 Å².